The van der Waals surface area contributed by atoms with Gasteiger partial charge in [0.2, 0.25) is 0 Å². The molecule has 0 atom stereocenters. The predicted octanol–water partition coefficient (Wildman–Crippen LogP) is 5.76. The largest absolute Gasteiger partial charge is 0.338 e. The molecular weight excluding hydrogens is 394 g/mol. The second kappa shape index (κ2) is 7.14. The van der Waals surface area contributed by atoms with Crippen LogP contribution in [-0.2, 0) is 0 Å². The van der Waals surface area contributed by atoms with Gasteiger partial charge < -0.3 is 4.90 Å². The van der Waals surface area contributed by atoms with E-state index in [0.29, 0.717) is 24.0 Å². The molecule has 0 unspecified atom stereocenters. The van der Waals surface area contributed by atoms with Gasteiger partial charge in [0.1, 0.15) is 5.82 Å². The molecule has 0 spiro atoms. The summed E-state index contributed by atoms with van der Waals surface area (Å²) in [6, 6.07) is 10.0. The molecule has 1 saturated heterocycles. The summed E-state index contributed by atoms with van der Waals surface area (Å²) in [6.45, 7) is 1.12. The van der Waals surface area contributed by atoms with Gasteiger partial charge in [0.25, 0.3) is 5.91 Å². The molecule has 3 aromatic rings. The van der Waals surface area contributed by atoms with Crippen LogP contribution < -0.4 is 0 Å². The van der Waals surface area contributed by atoms with E-state index in [4.69, 9.17) is 28.2 Å². The minimum absolute atomic E-state index is 0.0396. The molecule has 1 fully saturated rings. The molecule has 1 aromatic heterocycles. The maximum Gasteiger partial charge on any atom is 0.258 e. The van der Waals surface area contributed by atoms with Crippen molar-refractivity contribution >= 4 is 50.7 Å². The first-order valence-corrected chi connectivity index (χ1v) is 9.89. The van der Waals surface area contributed by atoms with Crippen LogP contribution in [0.15, 0.2) is 36.4 Å². The van der Waals surface area contributed by atoms with E-state index in [1.54, 1.807) is 16.2 Å². The summed E-state index contributed by atoms with van der Waals surface area (Å²) in [5.74, 6) is -0.623. The van der Waals surface area contributed by atoms with Crippen molar-refractivity contribution in [2.75, 3.05) is 13.1 Å². The van der Waals surface area contributed by atoms with Crippen molar-refractivity contribution in [3.8, 4) is 0 Å². The van der Waals surface area contributed by atoms with E-state index in [1.165, 1.54) is 18.2 Å². The van der Waals surface area contributed by atoms with E-state index in [-0.39, 0.29) is 16.5 Å². The van der Waals surface area contributed by atoms with Gasteiger partial charge in [-0.3, -0.25) is 4.79 Å². The van der Waals surface area contributed by atoms with Crippen molar-refractivity contribution in [2.24, 2.45) is 0 Å². The van der Waals surface area contributed by atoms with Crippen LogP contribution in [0.2, 0.25) is 10.0 Å². The summed E-state index contributed by atoms with van der Waals surface area (Å²) in [4.78, 5) is 19.0. The fourth-order valence-electron chi connectivity index (χ4n) is 3.28. The van der Waals surface area contributed by atoms with Crippen LogP contribution in [0.4, 0.5) is 4.39 Å². The van der Waals surface area contributed by atoms with E-state index >= 15 is 0 Å². The Kier molecular flexibility index (Phi) is 4.86. The Hall–Kier alpha value is -1.69. The first-order chi connectivity index (χ1) is 12.5. The van der Waals surface area contributed by atoms with Crippen molar-refractivity contribution in [1.82, 2.24) is 9.88 Å². The van der Waals surface area contributed by atoms with Crippen LogP contribution in [0.5, 0.6) is 0 Å². The number of carbonyl (C=O) groups excluding carboxylic acids is 1. The van der Waals surface area contributed by atoms with Crippen LogP contribution in [-0.4, -0.2) is 28.9 Å². The van der Waals surface area contributed by atoms with Gasteiger partial charge >= 0.3 is 0 Å². The summed E-state index contributed by atoms with van der Waals surface area (Å²) in [5, 5.41) is 1.90. The van der Waals surface area contributed by atoms with E-state index in [9.17, 15) is 9.18 Å². The molecular formula is C19H15Cl2FN2OS. The number of piperidine rings is 1. The number of carbonyl (C=O) groups is 1. The number of fused-ring (bicyclic) bond motifs is 1. The highest BCUT2D eigenvalue weighted by Crippen LogP contribution is 2.35. The van der Waals surface area contributed by atoms with Crippen molar-refractivity contribution in [3.05, 3.63) is 62.8 Å². The maximum atomic E-state index is 14.0. The number of hydrogen-bond donors (Lipinski definition) is 0. The average Bonchev–Trinajstić information content (AvgIpc) is 3.04. The van der Waals surface area contributed by atoms with Crippen molar-refractivity contribution < 1.29 is 9.18 Å². The monoisotopic (exact) mass is 408 g/mol. The number of aromatic nitrogens is 1. The SMILES string of the molecule is O=C(c1c(F)cccc1Cl)N1CCC(c2nc3cc(Cl)ccc3s2)CC1. The zero-order chi connectivity index (χ0) is 18.3. The topological polar surface area (TPSA) is 33.2 Å². The molecule has 1 amide bonds. The Morgan fingerprint density at radius 3 is 2.69 bits per heavy atom. The number of amides is 1. The zero-order valence-corrected chi connectivity index (χ0v) is 16.0. The van der Waals surface area contributed by atoms with Gasteiger partial charge in [-0.05, 0) is 43.2 Å². The first-order valence-electron chi connectivity index (χ1n) is 8.32. The molecule has 0 bridgehead atoms. The molecule has 0 N–H and O–H groups in total. The third-order valence-electron chi connectivity index (χ3n) is 4.67. The lowest BCUT2D eigenvalue weighted by atomic mass is 9.97. The van der Waals surface area contributed by atoms with Gasteiger partial charge in [-0.2, -0.15) is 0 Å². The van der Waals surface area contributed by atoms with E-state index in [2.05, 4.69) is 0 Å². The van der Waals surface area contributed by atoms with Crippen LogP contribution in [0.25, 0.3) is 10.2 Å². The number of thiazole rings is 1. The fraction of sp³-hybridized carbons (Fsp3) is 0.263. The summed E-state index contributed by atoms with van der Waals surface area (Å²) in [5.41, 5.74) is 0.872. The molecule has 3 nitrogen and oxygen atoms in total. The molecule has 2 heterocycles. The number of halogens is 3. The summed E-state index contributed by atoms with van der Waals surface area (Å²) >= 11 is 13.7. The highest BCUT2D eigenvalue weighted by atomic mass is 35.5. The van der Waals surface area contributed by atoms with Gasteiger partial charge in [0.05, 0.1) is 25.8 Å². The number of nitrogens with zero attached hydrogens (tertiary/aromatic N) is 2. The standard InChI is InChI=1S/C19H15Cl2FN2OS/c20-12-4-5-16-15(10-12)23-18(26-16)11-6-8-24(9-7-11)19(25)17-13(21)2-1-3-14(17)22/h1-5,10-11H,6-9H2. The molecule has 0 aliphatic carbocycles. The number of likely N-dealkylation sites (tertiary alicyclic amines) is 1. The highest BCUT2D eigenvalue weighted by molar-refractivity contribution is 7.18. The Morgan fingerprint density at radius 2 is 1.96 bits per heavy atom. The molecule has 7 heteroatoms. The van der Waals surface area contributed by atoms with Crippen LogP contribution >= 0.6 is 34.5 Å². The van der Waals surface area contributed by atoms with Crippen LogP contribution in [0.1, 0.15) is 34.1 Å². The Morgan fingerprint density at radius 1 is 1.19 bits per heavy atom. The number of benzene rings is 2. The third-order valence-corrected chi connectivity index (χ3v) is 6.42. The molecule has 26 heavy (non-hydrogen) atoms. The predicted molar refractivity (Wildman–Crippen MR) is 104 cm³/mol. The quantitative estimate of drug-likeness (QED) is 0.539. The van der Waals surface area contributed by atoms with Gasteiger partial charge in [-0.15, -0.1) is 11.3 Å². The number of hydrogen-bond acceptors (Lipinski definition) is 3. The van der Waals surface area contributed by atoms with Gasteiger partial charge in [-0.25, -0.2) is 9.37 Å². The molecule has 2 aromatic carbocycles. The van der Waals surface area contributed by atoms with Crippen molar-refractivity contribution in [2.45, 2.75) is 18.8 Å². The van der Waals surface area contributed by atoms with Crippen molar-refractivity contribution in [3.63, 3.8) is 0 Å². The third kappa shape index (κ3) is 3.31. The first kappa shape index (κ1) is 17.7. The van der Waals surface area contributed by atoms with Crippen LogP contribution in [0.3, 0.4) is 0 Å². The highest BCUT2D eigenvalue weighted by Gasteiger charge is 2.28. The Bertz CT molecular complexity index is 963. The minimum atomic E-state index is -0.576. The second-order valence-electron chi connectivity index (χ2n) is 6.33. The maximum absolute atomic E-state index is 14.0. The molecule has 4 rings (SSSR count). The van der Waals surface area contributed by atoms with Crippen molar-refractivity contribution in [1.29, 1.82) is 0 Å². The molecule has 0 radical (unpaired) electrons. The normalized spacial score (nSPS) is 15.6. The molecule has 0 saturated carbocycles. The summed E-state index contributed by atoms with van der Waals surface area (Å²) < 4.78 is 15.1. The fourth-order valence-corrected chi connectivity index (χ4v) is 4.81. The smallest absolute Gasteiger partial charge is 0.258 e. The molecule has 1 aliphatic rings. The lowest BCUT2D eigenvalue weighted by molar-refractivity contribution is 0.0708. The minimum Gasteiger partial charge on any atom is -0.338 e. The molecule has 1 aliphatic heterocycles. The van der Waals surface area contributed by atoms with E-state index in [0.717, 1.165) is 28.1 Å². The van der Waals surface area contributed by atoms with Gasteiger partial charge in [-0.1, -0.05) is 29.3 Å². The Labute approximate surface area is 164 Å². The lowest BCUT2D eigenvalue weighted by Crippen LogP contribution is -2.38. The van der Waals surface area contributed by atoms with E-state index < -0.39 is 5.82 Å². The second-order valence-corrected chi connectivity index (χ2v) is 8.23. The molecule has 134 valence electrons. The van der Waals surface area contributed by atoms with Crippen LogP contribution in [0, 0.1) is 5.82 Å². The van der Waals surface area contributed by atoms with Gasteiger partial charge in [0, 0.05) is 24.0 Å². The van der Waals surface area contributed by atoms with E-state index in [1.807, 2.05) is 18.2 Å². The number of rotatable bonds is 2. The summed E-state index contributed by atoms with van der Waals surface area (Å²) in [7, 11) is 0. The lowest BCUT2D eigenvalue weighted by Gasteiger charge is -2.31. The Balaban J connectivity index is 1.49. The average molecular weight is 409 g/mol. The summed E-state index contributed by atoms with van der Waals surface area (Å²) in [6.07, 6.45) is 1.59. The zero-order valence-electron chi connectivity index (χ0n) is 13.7. The van der Waals surface area contributed by atoms with Gasteiger partial charge in [0.15, 0.2) is 0 Å².